The number of hydrogen-bond acceptors (Lipinski definition) is 2. The SMILES string of the molecule is CCC1CCC(N(C)C2C(C)CC(C)CC2NC)CC1. The van der Waals surface area contributed by atoms with Crippen LogP contribution < -0.4 is 5.32 Å². The second kappa shape index (κ2) is 7.26. The Balaban J connectivity index is 1.97. The molecule has 1 N–H and O–H groups in total. The van der Waals surface area contributed by atoms with Gasteiger partial charge in [-0.05, 0) is 70.4 Å². The summed E-state index contributed by atoms with van der Waals surface area (Å²) < 4.78 is 0. The molecule has 2 saturated carbocycles. The third-order valence-electron chi connectivity index (χ3n) is 6.24. The summed E-state index contributed by atoms with van der Waals surface area (Å²) in [6.45, 7) is 7.25. The molecule has 0 spiro atoms. The number of nitrogens with one attached hydrogen (secondary N) is 1. The van der Waals surface area contributed by atoms with Crippen molar-refractivity contribution in [2.24, 2.45) is 17.8 Å². The smallest absolute Gasteiger partial charge is 0.0274 e. The quantitative estimate of drug-likeness (QED) is 0.840. The molecule has 20 heavy (non-hydrogen) atoms. The molecule has 0 aliphatic heterocycles. The van der Waals surface area contributed by atoms with E-state index in [0.29, 0.717) is 6.04 Å². The van der Waals surface area contributed by atoms with Gasteiger partial charge in [0.15, 0.2) is 0 Å². The minimum atomic E-state index is 0.683. The molecule has 0 aromatic heterocycles. The maximum atomic E-state index is 3.61. The molecule has 118 valence electrons. The van der Waals surface area contributed by atoms with Gasteiger partial charge >= 0.3 is 0 Å². The molecular formula is C18H36N2. The summed E-state index contributed by atoms with van der Waals surface area (Å²) in [5, 5.41) is 3.61. The molecule has 4 unspecified atom stereocenters. The molecule has 0 saturated heterocycles. The third-order valence-corrected chi connectivity index (χ3v) is 6.24. The van der Waals surface area contributed by atoms with E-state index in [9.17, 15) is 0 Å². The van der Waals surface area contributed by atoms with E-state index >= 15 is 0 Å². The van der Waals surface area contributed by atoms with Gasteiger partial charge in [0, 0.05) is 18.1 Å². The van der Waals surface area contributed by atoms with Crippen LogP contribution >= 0.6 is 0 Å². The molecule has 0 heterocycles. The molecule has 0 aromatic rings. The lowest BCUT2D eigenvalue weighted by molar-refractivity contribution is 0.0343. The normalized spacial score (nSPS) is 42.9. The van der Waals surface area contributed by atoms with E-state index in [2.05, 4.69) is 45.1 Å². The average Bonchev–Trinajstić information content (AvgIpc) is 2.46. The van der Waals surface area contributed by atoms with Gasteiger partial charge < -0.3 is 5.32 Å². The highest BCUT2D eigenvalue weighted by atomic mass is 15.2. The van der Waals surface area contributed by atoms with Gasteiger partial charge in [0.25, 0.3) is 0 Å². The molecule has 2 heteroatoms. The summed E-state index contributed by atoms with van der Waals surface area (Å²) in [5.41, 5.74) is 0. The highest BCUT2D eigenvalue weighted by Gasteiger charge is 2.38. The molecule has 0 radical (unpaired) electrons. The van der Waals surface area contributed by atoms with E-state index in [1.54, 1.807) is 0 Å². The van der Waals surface area contributed by atoms with Gasteiger partial charge in [-0.3, -0.25) is 4.90 Å². The second-order valence-corrected chi connectivity index (χ2v) is 7.69. The average molecular weight is 281 g/mol. The standard InChI is InChI=1S/C18H36N2/c1-6-15-7-9-16(10-8-15)20(5)18-14(3)11-13(2)12-17(18)19-4/h13-19H,6-12H2,1-5H3. The topological polar surface area (TPSA) is 15.3 Å². The van der Waals surface area contributed by atoms with E-state index in [1.807, 2.05) is 0 Å². The minimum absolute atomic E-state index is 0.683. The van der Waals surface area contributed by atoms with Gasteiger partial charge in [-0.1, -0.05) is 27.2 Å². The predicted octanol–water partition coefficient (Wildman–Crippen LogP) is 3.91. The molecule has 2 aliphatic rings. The Labute approximate surface area is 126 Å². The summed E-state index contributed by atoms with van der Waals surface area (Å²) in [7, 11) is 4.56. The van der Waals surface area contributed by atoms with Crippen molar-refractivity contribution in [3.05, 3.63) is 0 Å². The van der Waals surface area contributed by atoms with Crippen molar-refractivity contribution >= 4 is 0 Å². The number of nitrogens with zero attached hydrogens (tertiary/aromatic N) is 1. The van der Waals surface area contributed by atoms with E-state index in [0.717, 1.165) is 29.8 Å². The first-order chi connectivity index (χ1) is 9.56. The summed E-state index contributed by atoms with van der Waals surface area (Å²) in [5.74, 6) is 2.71. The van der Waals surface area contributed by atoms with Crippen molar-refractivity contribution in [1.29, 1.82) is 0 Å². The van der Waals surface area contributed by atoms with Crippen LogP contribution in [-0.4, -0.2) is 37.1 Å². The molecule has 4 atom stereocenters. The fourth-order valence-corrected chi connectivity index (χ4v) is 5.02. The predicted molar refractivity (Wildman–Crippen MR) is 88.0 cm³/mol. The fraction of sp³-hybridized carbons (Fsp3) is 1.00. The summed E-state index contributed by atoms with van der Waals surface area (Å²) in [6, 6.07) is 2.25. The van der Waals surface area contributed by atoms with Crippen LogP contribution in [0.15, 0.2) is 0 Å². The second-order valence-electron chi connectivity index (χ2n) is 7.69. The molecule has 0 amide bonds. The number of hydrogen-bond donors (Lipinski definition) is 1. The Morgan fingerprint density at radius 1 is 1.05 bits per heavy atom. The molecule has 2 aliphatic carbocycles. The summed E-state index contributed by atoms with van der Waals surface area (Å²) in [4.78, 5) is 2.75. The van der Waals surface area contributed by atoms with Gasteiger partial charge in [0.05, 0.1) is 0 Å². The van der Waals surface area contributed by atoms with Crippen LogP contribution in [0.5, 0.6) is 0 Å². The Morgan fingerprint density at radius 2 is 1.70 bits per heavy atom. The van der Waals surface area contributed by atoms with Crippen LogP contribution in [0.2, 0.25) is 0 Å². The van der Waals surface area contributed by atoms with Crippen LogP contribution in [0, 0.1) is 17.8 Å². The zero-order valence-corrected chi connectivity index (χ0v) is 14.4. The van der Waals surface area contributed by atoms with Gasteiger partial charge in [-0.15, -0.1) is 0 Å². The fourth-order valence-electron chi connectivity index (χ4n) is 5.02. The summed E-state index contributed by atoms with van der Waals surface area (Å²) >= 11 is 0. The number of likely N-dealkylation sites (N-methyl/N-ethyl adjacent to an activating group) is 2. The van der Waals surface area contributed by atoms with Crippen molar-refractivity contribution < 1.29 is 0 Å². The highest BCUT2D eigenvalue weighted by Crippen LogP contribution is 2.36. The highest BCUT2D eigenvalue weighted by molar-refractivity contribution is 4.95. The molecule has 0 aromatic carbocycles. The maximum Gasteiger partial charge on any atom is 0.0274 e. The Kier molecular flexibility index (Phi) is 5.92. The van der Waals surface area contributed by atoms with Crippen molar-refractivity contribution in [2.45, 2.75) is 83.8 Å². The maximum absolute atomic E-state index is 3.61. The first kappa shape index (κ1) is 16.3. The van der Waals surface area contributed by atoms with E-state index in [4.69, 9.17) is 0 Å². The van der Waals surface area contributed by atoms with Crippen LogP contribution in [0.3, 0.4) is 0 Å². The van der Waals surface area contributed by atoms with Crippen LogP contribution in [0.4, 0.5) is 0 Å². The van der Waals surface area contributed by atoms with Gasteiger partial charge in [0.2, 0.25) is 0 Å². The Hall–Kier alpha value is -0.0800. The molecule has 2 rings (SSSR count). The van der Waals surface area contributed by atoms with Gasteiger partial charge in [-0.25, -0.2) is 0 Å². The van der Waals surface area contributed by atoms with Crippen LogP contribution in [0.1, 0.15) is 65.7 Å². The molecule has 2 fully saturated rings. The molecule has 0 bridgehead atoms. The Morgan fingerprint density at radius 3 is 2.25 bits per heavy atom. The van der Waals surface area contributed by atoms with E-state index < -0.39 is 0 Å². The van der Waals surface area contributed by atoms with E-state index in [1.165, 1.54) is 44.9 Å². The number of rotatable bonds is 4. The van der Waals surface area contributed by atoms with Crippen molar-refractivity contribution in [3.8, 4) is 0 Å². The minimum Gasteiger partial charge on any atom is -0.315 e. The molecular weight excluding hydrogens is 244 g/mol. The van der Waals surface area contributed by atoms with Crippen LogP contribution in [-0.2, 0) is 0 Å². The van der Waals surface area contributed by atoms with Crippen LogP contribution in [0.25, 0.3) is 0 Å². The van der Waals surface area contributed by atoms with Crippen molar-refractivity contribution in [2.75, 3.05) is 14.1 Å². The lowest BCUT2D eigenvalue weighted by atomic mass is 9.74. The zero-order valence-electron chi connectivity index (χ0n) is 14.4. The van der Waals surface area contributed by atoms with Gasteiger partial charge in [0.1, 0.15) is 0 Å². The summed E-state index contributed by atoms with van der Waals surface area (Å²) in [6.07, 6.45) is 9.87. The third kappa shape index (κ3) is 3.57. The first-order valence-corrected chi connectivity index (χ1v) is 8.95. The first-order valence-electron chi connectivity index (χ1n) is 8.95. The van der Waals surface area contributed by atoms with Crippen molar-refractivity contribution in [1.82, 2.24) is 10.2 Å². The molecule has 2 nitrogen and oxygen atoms in total. The van der Waals surface area contributed by atoms with Gasteiger partial charge in [-0.2, -0.15) is 0 Å². The largest absolute Gasteiger partial charge is 0.315 e. The monoisotopic (exact) mass is 280 g/mol. The van der Waals surface area contributed by atoms with E-state index in [-0.39, 0.29) is 0 Å². The Bertz CT molecular complexity index is 283. The zero-order chi connectivity index (χ0) is 14.7. The van der Waals surface area contributed by atoms with Crippen molar-refractivity contribution in [3.63, 3.8) is 0 Å². The lowest BCUT2D eigenvalue weighted by Crippen LogP contribution is -2.57. The lowest BCUT2D eigenvalue weighted by Gasteiger charge is -2.48.